The molecule has 2 rings (SSSR count). The summed E-state index contributed by atoms with van der Waals surface area (Å²) >= 11 is 0. The Kier molecular flexibility index (Phi) is 4.21. The normalized spacial score (nSPS) is 20.1. The summed E-state index contributed by atoms with van der Waals surface area (Å²) in [5.74, 6) is -0.767. The van der Waals surface area contributed by atoms with Gasteiger partial charge in [0, 0.05) is 31.8 Å². The first-order chi connectivity index (χ1) is 9.84. The highest BCUT2D eigenvalue weighted by molar-refractivity contribution is 7.89. The quantitative estimate of drug-likeness (QED) is 0.543. The smallest absolute Gasteiger partial charge is 0.270 e. The van der Waals surface area contributed by atoms with Gasteiger partial charge in [-0.05, 0) is 6.07 Å². The van der Waals surface area contributed by atoms with Gasteiger partial charge >= 0.3 is 0 Å². The van der Waals surface area contributed by atoms with Crippen molar-refractivity contribution in [2.75, 3.05) is 19.6 Å². The van der Waals surface area contributed by atoms with E-state index in [2.05, 4.69) is 5.32 Å². The lowest BCUT2D eigenvalue weighted by Gasteiger charge is -2.33. The molecule has 1 unspecified atom stereocenters. The van der Waals surface area contributed by atoms with Gasteiger partial charge in [0.1, 0.15) is 6.04 Å². The summed E-state index contributed by atoms with van der Waals surface area (Å²) in [6.07, 6.45) is 0. The molecule has 21 heavy (non-hydrogen) atoms. The van der Waals surface area contributed by atoms with Gasteiger partial charge in [0.15, 0.2) is 0 Å². The molecule has 0 spiro atoms. The molecule has 10 heteroatoms. The van der Waals surface area contributed by atoms with Crippen LogP contribution in [0, 0.1) is 10.1 Å². The van der Waals surface area contributed by atoms with E-state index < -0.39 is 26.9 Å². The zero-order valence-corrected chi connectivity index (χ0v) is 11.7. The van der Waals surface area contributed by atoms with Crippen LogP contribution < -0.4 is 11.1 Å². The Balaban J connectivity index is 2.43. The third-order valence-electron chi connectivity index (χ3n) is 3.16. The van der Waals surface area contributed by atoms with Gasteiger partial charge in [0.25, 0.3) is 5.69 Å². The van der Waals surface area contributed by atoms with Crippen LogP contribution in [0.2, 0.25) is 0 Å². The number of hydrogen-bond donors (Lipinski definition) is 2. The lowest BCUT2D eigenvalue weighted by molar-refractivity contribution is -0.385. The summed E-state index contributed by atoms with van der Waals surface area (Å²) in [7, 11) is -4.02. The molecule has 1 aromatic carbocycles. The van der Waals surface area contributed by atoms with Crippen LogP contribution in [0.25, 0.3) is 0 Å². The number of amides is 1. The highest BCUT2D eigenvalue weighted by Gasteiger charge is 2.37. The number of hydrogen-bond acceptors (Lipinski definition) is 6. The topological polar surface area (TPSA) is 136 Å². The van der Waals surface area contributed by atoms with Crippen molar-refractivity contribution in [3.63, 3.8) is 0 Å². The van der Waals surface area contributed by atoms with Gasteiger partial charge in [-0.15, -0.1) is 0 Å². The molecule has 1 fully saturated rings. The molecule has 0 aromatic heterocycles. The van der Waals surface area contributed by atoms with E-state index >= 15 is 0 Å². The fourth-order valence-electron chi connectivity index (χ4n) is 2.11. The van der Waals surface area contributed by atoms with Crippen molar-refractivity contribution in [2.24, 2.45) is 5.73 Å². The predicted octanol–water partition coefficient (Wildman–Crippen LogP) is -0.957. The van der Waals surface area contributed by atoms with Gasteiger partial charge in [-0.3, -0.25) is 14.9 Å². The summed E-state index contributed by atoms with van der Waals surface area (Å²) in [6.45, 7) is 0.556. The summed E-state index contributed by atoms with van der Waals surface area (Å²) in [5, 5.41) is 13.6. The Morgan fingerprint density at radius 3 is 2.81 bits per heavy atom. The summed E-state index contributed by atoms with van der Waals surface area (Å²) in [4.78, 5) is 21.2. The molecule has 9 nitrogen and oxygen atoms in total. The van der Waals surface area contributed by atoms with Gasteiger partial charge in [-0.2, -0.15) is 4.31 Å². The zero-order chi connectivity index (χ0) is 15.6. The molecule has 1 aromatic rings. The fourth-order valence-corrected chi connectivity index (χ4v) is 3.74. The molecule has 0 bridgehead atoms. The number of nitrogens with zero attached hydrogens (tertiary/aromatic N) is 2. The standard InChI is InChI=1S/C11H14N4O5S/c12-11(16)10-7-13-4-5-14(10)21(19,20)9-3-1-2-8(6-9)15(17)18/h1-3,6,10,13H,4-5,7H2,(H2,12,16). The number of primary amides is 1. The second-order valence-corrected chi connectivity index (χ2v) is 6.38. The number of rotatable bonds is 4. The van der Waals surface area contributed by atoms with Gasteiger partial charge < -0.3 is 11.1 Å². The second kappa shape index (κ2) is 5.76. The lowest BCUT2D eigenvalue weighted by Crippen LogP contribution is -2.58. The number of carbonyl (C=O) groups excluding carboxylic acids is 1. The molecule has 1 amide bonds. The SMILES string of the molecule is NC(=O)C1CNCCN1S(=O)(=O)c1cccc([N+](=O)[O-])c1. The first-order valence-electron chi connectivity index (χ1n) is 6.10. The Hall–Kier alpha value is -2.04. The minimum Gasteiger partial charge on any atom is -0.368 e. The predicted molar refractivity (Wildman–Crippen MR) is 72.8 cm³/mol. The van der Waals surface area contributed by atoms with E-state index in [1.54, 1.807) is 0 Å². The van der Waals surface area contributed by atoms with E-state index in [0.29, 0.717) is 6.54 Å². The third-order valence-corrected chi connectivity index (χ3v) is 5.06. The van der Waals surface area contributed by atoms with Gasteiger partial charge in [0.2, 0.25) is 15.9 Å². The van der Waals surface area contributed by atoms with E-state index in [1.807, 2.05) is 0 Å². The van der Waals surface area contributed by atoms with Crippen LogP contribution >= 0.6 is 0 Å². The molecule has 1 aliphatic rings. The van der Waals surface area contributed by atoms with Crippen LogP contribution in [-0.2, 0) is 14.8 Å². The number of sulfonamides is 1. The van der Waals surface area contributed by atoms with Crippen LogP contribution in [0.5, 0.6) is 0 Å². The van der Waals surface area contributed by atoms with Gasteiger partial charge in [-0.1, -0.05) is 6.07 Å². The number of non-ortho nitro benzene ring substituents is 1. The Labute approximate surface area is 120 Å². The largest absolute Gasteiger partial charge is 0.368 e. The minimum absolute atomic E-state index is 0.0681. The molecule has 114 valence electrons. The molecular formula is C11H14N4O5S. The van der Waals surface area contributed by atoms with Crippen LogP contribution in [0.3, 0.4) is 0 Å². The molecule has 1 saturated heterocycles. The van der Waals surface area contributed by atoms with Gasteiger partial charge in [-0.25, -0.2) is 8.42 Å². The molecule has 1 atom stereocenters. The number of nitrogens with one attached hydrogen (secondary N) is 1. The second-order valence-electron chi connectivity index (χ2n) is 4.49. The Bertz CT molecular complexity index is 675. The minimum atomic E-state index is -4.02. The summed E-state index contributed by atoms with van der Waals surface area (Å²) in [5.41, 5.74) is 4.89. The van der Waals surface area contributed by atoms with E-state index in [4.69, 9.17) is 5.73 Å². The van der Waals surface area contributed by atoms with Crippen LogP contribution in [0.15, 0.2) is 29.2 Å². The first-order valence-corrected chi connectivity index (χ1v) is 7.54. The highest BCUT2D eigenvalue weighted by Crippen LogP contribution is 2.23. The van der Waals surface area contributed by atoms with Crippen molar-refractivity contribution in [3.05, 3.63) is 34.4 Å². The van der Waals surface area contributed by atoms with Crippen molar-refractivity contribution in [3.8, 4) is 0 Å². The maximum absolute atomic E-state index is 12.5. The van der Waals surface area contributed by atoms with Crippen molar-refractivity contribution >= 4 is 21.6 Å². The first kappa shape index (κ1) is 15.4. The Morgan fingerprint density at radius 1 is 1.48 bits per heavy atom. The number of nitro benzene ring substituents is 1. The third kappa shape index (κ3) is 3.01. The maximum Gasteiger partial charge on any atom is 0.270 e. The van der Waals surface area contributed by atoms with Crippen molar-refractivity contribution < 1.29 is 18.1 Å². The average Bonchev–Trinajstić information content (AvgIpc) is 2.47. The lowest BCUT2D eigenvalue weighted by atomic mass is 10.2. The van der Waals surface area contributed by atoms with E-state index in [0.717, 1.165) is 10.4 Å². The maximum atomic E-state index is 12.5. The number of nitro groups is 1. The fraction of sp³-hybridized carbons (Fsp3) is 0.364. The number of carbonyl (C=O) groups is 1. The zero-order valence-electron chi connectivity index (χ0n) is 10.9. The molecular weight excluding hydrogens is 300 g/mol. The van der Waals surface area contributed by atoms with E-state index in [-0.39, 0.29) is 23.7 Å². The van der Waals surface area contributed by atoms with E-state index in [1.165, 1.54) is 18.2 Å². The molecule has 0 saturated carbocycles. The van der Waals surface area contributed by atoms with Crippen LogP contribution in [-0.4, -0.2) is 49.2 Å². The molecule has 1 heterocycles. The highest BCUT2D eigenvalue weighted by atomic mass is 32.2. The number of nitrogens with two attached hydrogens (primary N) is 1. The van der Waals surface area contributed by atoms with E-state index in [9.17, 15) is 23.3 Å². The molecule has 0 aliphatic carbocycles. The average molecular weight is 314 g/mol. The van der Waals surface area contributed by atoms with Crippen molar-refractivity contribution in [1.29, 1.82) is 0 Å². The molecule has 3 N–H and O–H groups in total. The van der Waals surface area contributed by atoms with Crippen LogP contribution in [0.1, 0.15) is 0 Å². The van der Waals surface area contributed by atoms with Gasteiger partial charge in [0.05, 0.1) is 9.82 Å². The number of benzene rings is 1. The number of piperazine rings is 1. The van der Waals surface area contributed by atoms with Crippen molar-refractivity contribution in [1.82, 2.24) is 9.62 Å². The molecule has 0 radical (unpaired) electrons. The summed E-state index contributed by atoms with van der Waals surface area (Å²) in [6, 6.07) is 3.69. The molecule has 1 aliphatic heterocycles. The summed E-state index contributed by atoms with van der Waals surface area (Å²) < 4.78 is 26.1. The Morgan fingerprint density at radius 2 is 2.19 bits per heavy atom. The van der Waals surface area contributed by atoms with Crippen molar-refractivity contribution in [2.45, 2.75) is 10.9 Å². The monoisotopic (exact) mass is 314 g/mol. The van der Waals surface area contributed by atoms with Crippen LogP contribution in [0.4, 0.5) is 5.69 Å².